The zero-order valence-electron chi connectivity index (χ0n) is 17.3. The number of carbonyl (C=O) groups excluding carboxylic acids is 3. The van der Waals surface area contributed by atoms with E-state index < -0.39 is 54.6 Å². The van der Waals surface area contributed by atoms with Crippen LogP contribution in [-0.2, 0) is 28.0 Å². The lowest BCUT2D eigenvalue weighted by molar-refractivity contribution is -0.132. The van der Waals surface area contributed by atoms with Crippen molar-refractivity contribution in [2.45, 2.75) is 65.5 Å². The molecule has 0 bridgehead atoms. The molecule has 0 aliphatic rings. The summed E-state index contributed by atoms with van der Waals surface area (Å²) in [5.74, 6) is -2.49. The van der Waals surface area contributed by atoms with E-state index >= 15 is 0 Å². The van der Waals surface area contributed by atoms with Crippen LogP contribution in [0.5, 0.6) is 0 Å². The Morgan fingerprint density at radius 3 is 1.59 bits per heavy atom. The maximum absolute atomic E-state index is 12.2. The Bertz CT molecular complexity index is 584. The van der Waals surface area contributed by atoms with Crippen molar-refractivity contribution in [2.75, 3.05) is 14.2 Å². The van der Waals surface area contributed by atoms with Crippen LogP contribution in [0.3, 0.4) is 0 Å². The Morgan fingerprint density at radius 1 is 0.852 bits per heavy atom. The van der Waals surface area contributed by atoms with Gasteiger partial charge in [0.2, 0.25) is 17.7 Å². The smallest absolute Gasteiger partial charge is 0.343 e. The molecule has 0 heterocycles. The highest BCUT2D eigenvalue weighted by Gasteiger charge is 2.33. The van der Waals surface area contributed by atoms with E-state index in [9.17, 15) is 18.9 Å². The third-order valence-corrected chi connectivity index (χ3v) is 6.15. The highest BCUT2D eigenvalue weighted by atomic mass is 31.2. The quantitative estimate of drug-likeness (QED) is 0.401. The summed E-state index contributed by atoms with van der Waals surface area (Å²) in [5, 5.41) is 7.47. The Kier molecular flexibility index (Phi) is 9.61. The maximum Gasteiger partial charge on any atom is 0.351 e. The zero-order chi connectivity index (χ0) is 21.6. The van der Waals surface area contributed by atoms with Gasteiger partial charge in [0.1, 0.15) is 17.9 Å². The Balaban J connectivity index is 4.74. The lowest BCUT2D eigenvalue weighted by atomic mass is 9.87. The molecule has 0 fully saturated rings. The summed E-state index contributed by atoms with van der Waals surface area (Å²) < 4.78 is 21.8. The first-order chi connectivity index (χ1) is 12.2. The average Bonchev–Trinajstić information content (AvgIpc) is 2.58. The molecule has 158 valence electrons. The second-order valence-corrected chi connectivity index (χ2v) is 9.98. The molecule has 0 unspecified atom stereocenters. The number of hydrogen-bond donors (Lipinski definition) is 4. The fourth-order valence-electron chi connectivity index (χ4n) is 1.97. The van der Waals surface area contributed by atoms with Crippen molar-refractivity contribution in [1.29, 1.82) is 0 Å². The molecule has 27 heavy (non-hydrogen) atoms. The van der Waals surface area contributed by atoms with E-state index in [1.165, 1.54) is 35.0 Å². The van der Waals surface area contributed by atoms with Crippen molar-refractivity contribution in [3.8, 4) is 0 Å². The Morgan fingerprint density at radius 2 is 1.22 bits per heavy atom. The van der Waals surface area contributed by atoms with Crippen molar-refractivity contribution >= 4 is 25.3 Å². The van der Waals surface area contributed by atoms with Gasteiger partial charge in [0.05, 0.1) is 6.04 Å². The highest BCUT2D eigenvalue weighted by molar-refractivity contribution is 7.54. The molecule has 0 aromatic rings. The van der Waals surface area contributed by atoms with Crippen LogP contribution in [0.4, 0.5) is 0 Å². The number of nitrogens with two attached hydrogens (primary N) is 1. The number of amides is 3. The van der Waals surface area contributed by atoms with Gasteiger partial charge in [0.15, 0.2) is 0 Å². The van der Waals surface area contributed by atoms with Crippen molar-refractivity contribution in [2.24, 2.45) is 11.1 Å². The minimum atomic E-state index is -3.48. The molecule has 0 aromatic carbocycles. The zero-order valence-corrected chi connectivity index (χ0v) is 18.2. The van der Waals surface area contributed by atoms with E-state index in [0.717, 1.165) is 0 Å². The second kappa shape index (κ2) is 10.2. The monoisotopic (exact) mass is 408 g/mol. The summed E-state index contributed by atoms with van der Waals surface area (Å²) in [6, 6.07) is -2.60. The Hall–Kier alpha value is -1.48. The summed E-state index contributed by atoms with van der Waals surface area (Å²) >= 11 is 0. The summed E-state index contributed by atoms with van der Waals surface area (Å²) in [5.41, 5.74) is 5.40. The summed E-state index contributed by atoms with van der Waals surface area (Å²) in [4.78, 5) is 36.5. The van der Waals surface area contributed by atoms with Gasteiger partial charge in [-0.2, -0.15) is 0 Å². The predicted octanol–water partition coefficient (Wildman–Crippen LogP) is 0.317. The topological polar surface area (TPSA) is 149 Å². The molecule has 10 nitrogen and oxygen atoms in total. The van der Waals surface area contributed by atoms with Gasteiger partial charge in [-0.25, -0.2) is 0 Å². The van der Waals surface area contributed by atoms with Crippen LogP contribution in [-0.4, -0.2) is 55.8 Å². The number of hydrogen-bond acceptors (Lipinski definition) is 7. The molecule has 4 atom stereocenters. The molecule has 0 saturated heterocycles. The summed E-state index contributed by atoms with van der Waals surface area (Å²) in [7, 11) is -1.05. The molecule has 0 rings (SSSR count). The van der Waals surface area contributed by atoms with Crippen LogP contribution >= 0.6 is 7.60 Å². The fraction of sp³-hybridized carbons (Fsp3) is 0.812. The molecule has 0 radical (unpaired) electrons. The lowest BCUT2D eigenvalue weighted by Crippen LogP contribution is -2.56. The molecule has 0 aliphatic carbocycles. The SMILES string of the molecule is COP(=O)(OC)[C@H](C)NC(=O)[C@H](C)NC(=O)[C@H](C)NC(=O)[C@@H](N)C(C)(C)C. The van der Waals surface area contributed by atoms with Gasteiger partial charge in [0, 0.05) is 14.2 Å². The summed E-state index contributed by atoms with van der Waals surface area (Å²) in [6.07, 6.45) is 0. The van der Waals surface area contributed by atoms with E-state index in [1.54, 1.807) is 0 Å². The van der Waals surface area contributed by atoms with Crippen LogP contribution in [0.1, 0.15) is 41.5 Å². The molecule has 0 saturated carbocycles. The first-order valence-electron chi connectivity index (χ1n) is 8.57. The molecule has 0 aliphatic heterocycles. The van der Waals surface area contributed by atoms with Gasteiger partial charge < -0.3 is 30.7 Å². The molecule has 0 spiro atoms. The second-order valence-electron chi connectivity index (χ2n) is 7.39. The standard InChI is InChI=1S/C16H33N4O6P/c1-9(19-15(23)12(17)16(4,5)6)13(21)18-10(2)14(22)20-11(3)27(24,25-7)26-8/h9-12H,17H2,1-8H3,(H,18,21)(H,19,23)(H,20,22)/t9-,10-,11+,12+/m0/s1. The molecular formula is C16H33N4O6P. The molecule has 5 N–H and O–H groups in total. The average molecular weight is 408 g/mol. The number of carbonyl (C=O) groups is 3. The van der Waals surface area contributed by atoms with Crippen LogP contribution in [0.25, 0.3) is 0 Å². The maximum atomic E-state index is 12.2. The van der Waals surface area contributed by atoms with E-state index in [0.29, 0.717) is 0 Å². The van der Waals surface area contributed by atoms with Crippen LogP contribution in [0.15, 0.2) is 0 Å². The van der Waals surface area contributed by atoms with Crippen molar-refractivity contribution in [3.05, 3.63) is 0 Å². The van der Waals surface area contributed by atoms with E-state index in [-0.39, 0.29) is 0 Å². The van der Waals surface area contributed by atoms with Gasteiger partial charge in [-0.15, -0.1) is 0 Å². The minimum Gasteiger partial charge on any atom is -0.343 e. The van der Waals surface area contributed by atoms with Gasteiger partial charge in [-0.1, -0.05) is 20.8 Å². The third-order valence-electron chi connectivity index (χ3n) is 4.05. The normalized spacial score (nSPS) is 16.6. The van der Waals surface area contributed by atoms with Crippen molar-refractivity contribution in [3.63, 3.8) is 0 Å². The Labute approximate surface area is 160 Å². The molecular weight excluding hydrogens is 375 g/mol. The highest BCUT2D eigenvalue weighted by Crippen LogP contribution is 2.50. The van der Waals surface area contributed by atoms with Crippen molar-refractivity contribution in [1.82, 2.24) is 16.0 Å². The fourth-order valence-corrected chi connectivity index (χ4v) is 3.03. The molecule has 3 amide bonds. The third kappa shape index (κ3) is 7.57. The molecule has 11 heteroatoms. The number of rotatable bonds is 9. The van der Waals surface area contributed by atoms with E-state index in [4.69, 9.17) is 14.8 Å². The van der Waals surface area contributed by atoms with Gasteiger partial charge >= 0.3 is 7.60 Å². The van der Waals surface area contributed by atoms with Crippen LogP contribution in [0.2, 0.25) is 0 Å². The first kappa shape index (κ1) is 25.5. The minimum absolute atomic E-state index is 0.458. The summed E-state index contributed by atoms with van der Waals surface area (Å²) in [6.45, 7) is 9.85. The van der Waals surface area contributed by atoms with Gasteiger partial charge in [-0.3, -0.25) is 18.9 Å². The largest absolute Gasteiger partial charge is 0.351 e. The van der Waals surface area contributed by atoms with E-state index in [2.05, 4.69) is 16.0 Å². The van der Waals surface area contributed by atoms with Crippen LogP contribution in [0, 0.1) is 5.41 Å². The van der Waals surface area contributed by atoms with Crippen LogP contribution < -0.4 is 21.7 Å². The lowest BCUT2D eigenvalue weighted by Gasteiger charge is -2.27. The van der Waals surface area contributed by atoms with Crippen molar-refractivity contribution < 1.29 is 28.0 Å². The predicted molar refractivity (Wildman–Crippen MR) is 102 cm³/mol. The molecule has 0 aromatic heterocycles. The van der Waals surface area contributed by atoms with Gasteiger partial charge in [-0.05, 0) is 26.2 Å². The van der Waals surface area contributed by atoms with Gasteiger partial charge in [0.25, 0.3) is 0 Å². The van der Waals surface area contributed by atoms with E-state index in [1.807, 2.05) is 20.8 Å². The number of nitrogens with one attached hydrogen (secondary N) is 3. The first-order valence-corrected chi connectivity index (χ1v) is 10.2.